The smallest absolute Gasteiger partial charge is 0.318 e. The summed E-state index contributed by atoms with van der Waals surface area (Å²) in [7, 11) is 0. The molecule has 0 fully saturated rings. The number of carbonyl (C=O) groups is 2. The molecule has 0 atom stereocenters. The van der Waals surface area contributed by atoms with Gasteiger partial charge in [0.25, 0.3) is 0 Å². The van der Waals surface area contributed by atoms with E-state index in [9.17, 15) is 22.8 Å². The maximum absolute atomic E-state index is 12.7. The van der Waals surface area contributed by atoms with Gasteiger partial charge >= 0.3 is 18.0 Å². The van der Waals surface area contributed by atoms with Gasteiger partial charge in [0.2, 0.25) is 0 Å². The summed E-state index contributed by atoms with van der Waals surface area (Å²) in [4.78, 5) is 23.5. The Morgan fingerprint density at radius 1 is 0.929 bits per heavy atom. The van der Waals surface area contributed by atoms with E-state index >= 15 is 0 Å². The number of nitrogens with one attached hydrogen (secondary N) is 2. The van der Waals surface area contributed by atoms with E-state index in [1.165, 1.54) is 12.3 Å². The van der Waals surface area contributed by atoms with Crippen LogP contribution in [0.5, 0.6) is 0 Å². The molecule has 0 radical (unpaired) electrons. The maximum atomic E-state index is 12.7. The minimum Gasteiger partial charge on any atom is -0.318 e. The monoisotopic (exact) mass is 391 g/mol. The summed E-state index contributed by atoms with van der Waals surface area (Å²) in [5.41, 5.74) is 2.82. The summed E-state index contributed by atoms with van der Waals surface area (Å²) >= 11 is 0. The van der Waals surface area contributed by atoms with E-state index in [2.05, 4.69) is 31.2 Å². The summed E-state index contributed by atoms with van der Waals surface area (Å²) < 4.78 is 38.0. The number of benzene rings is 2. The molecule has 2 aromatic rings. The standard InChI is InChI=1S/C20H20F3N3O2/c1-19(2,3)14-9-7-13(8-10-14)12-24-26-18(28)17(27)25-16-6-4-5-15(11-16)20(21,22)23/h4-12H,1-3H3,(H,25,27)(H,26,28). The molecule has 28 heavy (non-hydrogen) atoms. The highest BCUT2D eigenvalue weighted by atomic mass is 19.4. The lowest BCUT2D eigenvalue weighted by Crippen LogP contribution is -2.32. The van der Waals surface area contributed by atoms with E-state index in [1.807, 2.05) is 29.7 Å². The first kappa shape index (κ1) is 21.1. The van der Waals surface area contributed by atoms with Crippen molar-refractivity contribution in [3.05, 3.63) is 65.2 Å². The molecular formula is C20H20F3N3O2. The number of amides is 2. The lowest BCUT2D eigenvalue weighted by molar-refractivity contribution is -0.137. The van der Waals surface area contributed by atoms with Crippen LogP contribution >= 0.6 is 0 Å². The van der Waals surface area contributed by atoms with Gasteiger partial charge in [-0.25, -0.2) is 5.43 Å². The highest BCUT2D eigenvalue weighted by molar-refractivity contribution is 6.39. The average Bonchev–Trinajstić information content (AvgIpc) is 2.61. The Labute approximate surface area is 160 Å². The number of anilines is 1. The molecule has 5 nitrogen and oxygen atoms in total. The van der Waals surface area contributed by atoms with Crippen LogP contribution in [0.3, 0.4) is 0 Å². The van der Waals surface area contributed by atoms with Gasteiger partial charge in [0.1, 0.15) is 0 Å². The van der Waals surface area contributed by atoms with E-state index in [0.717, 1.165) is 23.8 Å². The van der Waals surface area contributed by atoms with Crippen LogP contribution in [0.25, 0.3) is 0 Å². The Morgan fingerprint density at radius 3 is 2.14 bits per heavy atom. The lowest BCUT2D eigenvalue weighted by Gasteiger charge is -2.18. The van der Waals surface area contributed by atoms with Crippen LogP contribution in [0.4, 0.5) is 18.9 Å². The summed E-state index contributed by atoms with van der Waals surface area (Å²) in [5, 5.41) is 5.79. The predicted molar refractivity (Wildman–Crippen MR) is 101 cm³/mol. The molecule has 0 aliphatic carbocycles. The minimum atomic E-state index is -4.55. The number of hydrogen-bond donors (Lipinski definition) is 2. The Kier molecular flexibility index (Phi) is 6.23. The summed E-state index contributed by atoms with van der Waals surface area (Å²) in [6.07, 6.45) is -3.18. The molecule has 0 unspecified atom stereocenters. The zero-order valence-electron chi connectivity index (χ0n) is 15.6. The van der Waals surface area contributed by atoms with Gasteiger partial charge in [-0.3, -0.25) is 9.59 Å². The Balaban J connectivity index is 1.94. The van der Waals surface area contributed by atoms with Crippen molar-refractivity contribution >= 4 is 23.7 Å². The number of hydrazone groups is 1. The van der Waals surface area contributed by atoms with Crippen LogP contribution in [0, 0.1) is 0 Å². The van der Waals surface area contributed by atoms with Crippen LogP contribution < -0.4 is 10.7 Å². The van der Waals surface area contributed by atoms with E-state index in [0.29, 0.717) is 5.56 Å². The summed E-state index contributed by atoms with van der Waals surface area (Å²) in [6, 6.07) is 11.5. The largest absolute Gasteiger partial charge is 0.416 e. The molecule has 0 spiro atoms. The second-order valence-corrected chi connectivity index (χ2v) is 7.10. The van der Waals surface area contributed by atoms with E-state index < -0.39 is 23.6 Å². The van der Waals surface area contributed by atoms with Crippen LogP contribution in [0.1, 0.15) is 37.5 Å². The third-order valence-corrected chi connectivity index (χ3v) is 3.81. The molecule has 0 saturated heterocycles. The Bertz CT molecular complexity index is 883. The van der Waals surface area contributed by atoms with Crippen molar-refractivity contribution in [3.8, 4) is 0 Å². The second kappa shape index (κ2) is 8.24. The fourth-order valence-electron chi connectivity index (χ4n) is 2.25. The van der Waals surface area contributed by atoms with Crippen LogP contribution in [-0.4, -0.2) is 18.0 Å². The van der Waals surface area contributed by atoms with Gasteiger partial charge in [0, 0.05) is 5.69 Å². The van der Waals surface area contributed by atoms with Gasteiger partial charge in [-0.2, -0.15) is 18.3 Å². The SMILES string of the molecule is CC(C)(C)c1ccc(C=NNC(=O)C(=O)Nc2cccc(C(F)(F)F)c2)cc1. The van der Waals surface area contributed by atoms with Crippen molar-refractivity contribution in [1.82, 2.24) is 5.43 Å². The minimum absolute atomic E-state index is 0.00535. The number of carbonyl (C=O) groups excluding carboxylic acids is 2. The lowest BCUT2D eigenvalue weighted by atomic mass is 9.87. The Morgan fingerprint density at radius 2 is 1.57 bits per heavy atom. The molecule has 2 amide bonds. The van der Waals surface area contributed by atoms with E-state index in [4.69, 9.17) is 0 Å². The highest BCUT2D eigenvalue weighted by Gasteiger charge is 2.30. The molecule has 0 bridgehead atoms. The van der Waals surface area contributed by atoms with Crippen molar-refractivity contribution < 1.29 is 22.8 Å². The fraction of sp³-hybridized carbons (Fsp3) is 0.250. The van der Waals surface area contributed by atoms with E-state index in [-0.39, 0.29) is 11.1 Å². The molecule has 2 aromatic carbocycles. The number of hydrogen-bond acceptors (Lipinski definition) is 3. The maximum Gasteiger partial charge on any atom is 0.416 e. The third kappa shape index (κ3) is 5.94. The number of rotatable bonds is 3. The molecule has 0 saturated carbocycles. The molecule has 0 heterocycles. The number of halogens is 3. The normalized spacial score (nSPS) is 12.1. The topological polar surface area (TPSA) is 70.6 Å². The van der Waals surface area contributed by atoms with Gasteiger partial charge < -0.3 is 5.32 Å². The van der Waals surface area contributed by atoms with Crippen molar-refractivity contribution in [2.75, 3.05) is 5.32 Å². The van der Waals surface area contributed by atoms with Crippen LogP contribution in [0.2, 0.25) is 0 Å². The Hall–Kier alpha value is -3.16. The van der Waals surface area contributed by atoms with Crippen molar-refractivity contribution in [2.45, 2.75) is 32.4 Å². The average molecular weight is 391 g/mol. The summed E-state index contributed by atoms with van der Waals surface area (Å²) in [5.74, 6) is -2.22. The fourth-order valence-corrected chi connectivity index (χ4v) is 2.25. The molecular weight excluding hydrogens is 371 g/mol. The quantitative estimate of drug-likeness (QED) is 0.470. The third-order valence-electron chi connectivity index (χ3n) is 3.81. The molecule has 0 aliphatic rings. The van der Waals surface area contributed by atoms with Crippen molar-refractivity contribution in [1.29, 1.82) is 0 Å². The predicted octanol–water partition coefficient (Wildman–Crippen LogP) is 4.09. The molecule has 8 heteroatoms. The highest BCUT2D eigenvalue weighted by Crippen LogP contribution is 2.30. The first-order chi connectivity index (χ1) is 13.0. The molecule has 2 rings (SSSR count). The van der Waals surface area contributed by atoms with Crippen molar-refractivity contribution in [3.63, 3.8) is 0 Å². The summed E-state index contributed by atoms with van der Waals surface area (Å²) in [6.45, 7) is 6.25. The van der Waals surface area contributed by atoms with Gasteiger partial charge in [0.05, 0.1) is 11.8 Å². The van der Waals surface area contributed by atoms with Crippen LogP contribution in [-0.2, 0) is 21.2 Å². The molecule has 148 valence electrons. The van der Waals surface area contributed by atoms with Gasteiger partial charge in [0.15, 0.2) is 0 Å². The zero-order chi connectivity index (χ0) is 20.9. The van der Waals surface area contributed by atoms with Crippen molar-refractivity contribution in [2.24, 2.45) is 5.10 Å². The van der Waals surface area contributed by atoms with Gasteiger partial charge in [-0.1, -0.05) is 51.1 Å². The van der Waals surface area contributed by atoms with Gasteiger partial charge in [-0.15, -0.1) is 0 Å². The molecule has 0 aromatic heterocycles. The van der Waals surface area contributed by atoms with Crippen LogP contribution in [0.15, 0.2) is 53.6 Å². The number of alkyl halides is 3. The second-order valence-electron chi connectivity index (χ2n) is 7.10. The van der Waals surface area contributed by atoms with E-state index in [1.54, 1.807) is 0 Å². The number of nitrogens with zero attached hydrogens (tertiary/aromatic N) is 1. The molecule has 2 N–H and O–H groups in total. The molecule has 0 aliphatic heterocycles. The van der Waals surface area contributed by atoms with Gasteiger partial charge in [-0.05, 0) is 34.7 Å². The first-order valence-electron chi connectivity index (χ1n) is 8.39. The first-order valence-corrected chi connectivity index (χ1v) is 8.39. The zero-order valence-corrected chi connectivity index (χ0v) is 15.6.